The van der Waals surface area contributed by atoms with Gasteiger partial charge in [0.2, 0.25) is 5.91 Å². The predicted molar refractivity (Wildman–Crippen MR) is 99.5 cm³/mol. The van der Waals surface area contributed by atoms with Crippen molar-refractivity contribution < 1.29 is 9.59 Å². The Hall–Kier alpha value is -2.62. The number of benzene rings is 2. The summed E-state index contributed by atoms with van der Waals surface area (Å²) in [6, 6.07) is 16.8. The van der Waals surface area contributed by atoms with Crippen LogP contribution in [0.5, 0.6) is 0 Å². The molecule has 1 saturated heterocycles. The van der Waals surface area contributed by atoms with Gasteiger partial charge >= 0.3 is 0 Å². The Bertz CT molecular complexity index is 735. The highest BCUT2D eigenvalue weighted by Gasteiger charge is 2.21. The van der Waals surface area contributed by atoms with Crippen LogP contribution in [0.3, 0.4) is 0 Å². The molecule has 2 amide bonds. The fourth-order valence-electron chi connectivity index (χ4n) is 3.11. The first-order valence-corrected chi connectivity index (χ1v) is 8.85. The van der Waals surface area contributed by atoms with Crippen LogP contribution < -0.4 is 5.32 Å². The van der Waals surface area contributed by atoms with Gasteiger partial charge in [0.05, 0.1) is 6.42 Å². The molecular weight excluding hydrogens is 312 g/mol. The molecule has 1 aliphatic heterocycles. The van der Waals surface area contributed by atoms with E-state index in [1.165, 1.54) is 0 Å². The van der Waals surface area contributed by atoms with Crippen molar-refractivity contribution in [2.45, 2.75) is 26.2 Å². The highest BCUT2D eigenvalue weighted by Crippen LogP contribution is 2.19. The summed E-state index contributed by atoms with van der Waals surface area (Å²) >= 11 is 0. The monoisotopic (exact) mass is 336 g/mol. The number of rotatable bonds is 4. The molecule has 3 rings (SSSR count). The number of piperidine rings is 1. The van der Waals surface area contributed by atoms with Crippen molar-refractivity contribution >= 4 is 17.5 Å². The van der Waals surface area contributed by atoms with Crippen LogP contribution in [-0.2, 0) is 11.2 Å². The van der Waals surface area contributed by atoms with E-state index in [-0.39, 0.29) is 11.8 Å². The maximum Gasteiger partial charge on any atom is 0.253 e. The number of nitrogens with one attached hydrogen (secondary N) is 1. The minimum Gasteiger partial charge on any atom is -0.339 e. The van der Waals surface area contributed by atoms with E-state index in [2.05, 4.69) is 12.2 Å². The largest absolute Gasteiger partial charge is 0.339 e. The number of anilines is 1. The average molecular weight is 336 g/mol. The molecule has 2 aromatic carbocycles. The second-order valence-corrected chi connectivity index (χ2v) is 6.77. The summed E-state index contributed by atoms with van der Waals surface area (Å²) in [5.74, 6) is 0.654. The van der Waals surface area contributed by atoms with Gasteiger partial charge in [-0.1, -0.05) is 43.3 Å². The van der Waals surface area contributed by atoms with Crippen LogP contribution in [0.4, 0.5) is 5.69 Å². The Morgan fingerprint density at radius 1 is 1.04 bits per heavy atom. The van der Waals surface area contributed by atoms with Gasteiger partial charge in [0.25, 0.3) is 5.91 Å². The number of carbonyl (C=O) groups is 2. The van der Waals surface area contributed by atoms with Crippen molar-refractivity contribution in [3.8, 4) is 0 Å². The van der Waals surface area contributed by atoms with Crippen LogP contribution in [0, 0.1) is 5.92 Å². The fourth-order valence-corrected chi connectivity index (χ4v) is 3.11. The van der Waals surface area contributed by atoms with Crippen LogP contribution in [-0.4, -0.2) is 29.8 Å². The molecule has 1 heterocycles. The second-order valence-electron chi connectivity index (χ2n) is 6.77. The molecule has 25 heavy (non-hydrogen) atoms. The van der Waals surface area contributed by atoms with Gasteiger partial charge in [-0.2, -0.15) is 0 Å². The number of carbonyl (C=O) groups excluding carboxylic acids is 2. The van der Waals surface area contributed by atoms with E-state index < -0.39 is 0 Å². The third-order valence-corrected chi connectivity index (χ3v) is 4.67. The van der Waals surface area contributed by atoms with Gasteiger partial charge in [-0.3, -0.25) is 9.59 Å². The van der Waals surface area contributed by atoms with Gasteiger partial charge in [-0.05, 0) is 42.5 Å². The lowest BCUT2D eigenvalue weighted by Crippen LogP contribution is -2.37. The van der Waals surface area contributed by atoms with Crippen LogP contribution in [0.15, 0.2) is 54.6 Å². The molecule has 4 nitrogen and oxygen atoms in total. The van der Waals surface area contributed by atoms with Gasteiger partial charge < -0.3 is 10.2 Å². The van der Waals surface area contributed by atoms with Crippen molar-refractivity contribution in [2.75, 3.05) is 18.4 Å². The first-order valence-electron chi connectivity index (χ1n) is 8.85. The predicted octanol–water partition coefficient (Wildman–Crippen LogP) is 3.74. The van der Waals surface area contributed by atoms with E-state index >= 15 is 0 Å². The molecule has 0 saturated carbocycles. The summed E-state index contributed by atoms with van der Waals surface area (Å²) in [5, 5.41) is 2.89. The molecule has 4 heteroatoms. The zero-order valence-corrected chi connectivity index (χ0v) is 14.6. The first-order chi connectivity index (χ1) is 12.1. The number of likely N-dealkylation sites (tertiary alicyclic amines) is 1. The summed E-state index contributed by atoms with van der Waals surface area (Å²) in [6.07, 6.45) is 2.43. The van der Waals surface area contributed by atoms with Crippen molar-refractivity contribution in [1.82, 2.24) is 4.90 Å². The van der Waals surface area contributed by atoms with Gasteiger partial charge in [0, 0.05) is 24.3 Å². The Labute approximate surface area is 148 Å². The molecule has 0 bridgehead atoms. The maximum atomic E-state index is 12.6. The Kier molecular flexibility index (Phi) is 5.49. The van der Waals surface area contributed by atoms with Crippen molar-refractivity contribution in [2.24, 2.45) is 5.92 Å². The molecule has 130 valence electrons. The first kappa shape index (κ1) is 17.2. The standard InChI is InChI=1S/C21H24N2O2/c1-16-10-12-23(13-11-16)21(25)18-8-5-9-19(15-18)22-20(24)14-17-6-3-2-4-7-17/h2-9,15-16H,10-14H2,1H3,(H,22,24). The zero-order valence-electron chi connectivity index (χ0n) is 14.6. The molecule has 1 aliphatic rings. The van der Waals surface area contributed by atoms with Gasteiger partial charge in [-0.15, -0.1) is 0 Å². The third-order valence-electron chi connectivity index (χ3n) is 4.67. The molecule has 2 aromatic rings. The van der Waals surface area contributed by atoms with E-state index in [1.54, 1.807) is 6.07 Å². The Morgan fingerprint density at radius 3 is 2.48 bits per heavy atom. The summed E-state index contributed by atoms with van der Waals surface area (Å²) < 4.78 is 0. The minimum absolute atomic E-state index is 0.0473. The summed E-state index contributed by atoms with van der Waals surface area (Å²) in [7, 11) is 0. The third kappa shape index (κ3) is 4.69. The summed E-state index contributed by atoms with van der Waals surface area (Å²) in [4.78, 5) is 26.8. The topological polar surface area (TPSA) is 49.4 Å². The van der Waals surface area contributed by atoms with Crippen molar-refractivity contribution in [1.29, 1.82) is 0 Å². The van der Waals surface area contributed by atoms with E-state index in [1.807, 2.05) is 53.4 Å². The maximum absolute atomic E-state index is 12.6. The fraction of sp³-hybridized carbons (Fsp3) is 0.333. The lowest BCUT2D eigenvalue weighted by atomic mass is 9.98. The van der Waals surface area contributed by atoms with Crippen LogP contribution in [0.1, 0.15) is 35.7 Å². The van der Waals surface area contributed by atoms with Gasteiger partial charge in [0.15, 0.2) is 0 Å². The Balaban J connectivity index is 1.63. The molecule has 0 radical (unpaired) electrons. The van der Waals surface area contributed by atoms with Gasteiger partial charge in [-0.25, -0.2) is 0 Å². The number of hydrogen-bond acceptors (Lipinski definition) is 2. The molecule has 0 atom stereocenters. The normalized spacial score (nSPS) is 15.0. The molecular formula is C21H24N2O2. The van der Waals surface area contributed by atoms with E-state index in [0.29, 0.717) is 23.6 Å². The zero-order chi connectivity index (χ0) is 17.6. The quantitative estimate of drug-likeness (QED) is 0.924. The van der Waals surface area contributed by atoms with Crippen LogP contribution >= 0.6 is 0 Å². The minimum atomic E-state index is -0.0809. The average Bonchev–Trinajstić information content (AvgIpc) is 2.63. The van der Waals surface area contributed by atoms with E-state index in [9.17, 15) is 9.59 Å². The highest BCUT2D eigenvalue weighted by atomic mass is 16.2. The van der Waals surface area contributed by atoms with Gasteiger partial charge in [0.1, 0.15) is 0 Å². The molecule has 1 N–H and O–H groups in total. The van der Waals surface area contributed by atoms with Crippen LogP contribution in [0.25, 0.3) is 0 Å². The molecule has 0 aromatic heterocycles. The van der Waals surface area contributed by atoms with Crippen molar-refractivity contribution in [3.05, 3.63) is 65.7 Å². The highest BCUT2D eigenvalue weighted by molar-refractivity contribution is 5.97. The molecule has 0 unspecified atom stereocenters. The lowest BCUT2D eigenvalue weighted by Gasteiger charge is -2.30. The summed E-state index contributed by atoms with van der Waals surface area (Å²) in [5.41, 5.74) is 2.26. The molecule has 0 spiro atoms. The van der Waals surface area contributed by atoms with E-state index in [0.717, 1.165) is 31.5 Å². The number of amides is 2. The molecule has 0 aliphatic carbocycles. The number of hydrogen-bond donors (Lipinski definition) is 1. The second kappa shape index (κ2) is 7.97. The van der Waals surface area contributed by atoms with Crippen molar-refractivity contribution in [3.63, 3.8) is 0 Å². The molecule has 1 fully saturated rings. The summed E-state index contributed by atoms with van der Waals surface area (Å²) in [6.45, 7) is 3.85. The number of nitrogens with zero attached hydrogens (tertiary/aromatic N) is 1. The Morgan fingerprint density at radius 2 is 1.76 bits per heavy atom. The smallest absolute Gasteiger partial charge is 0.253 e. The lowest BCUT2D eigenvalue weighted by molar-refractivity contribution is -0.115. The van der Waals surface area contributed by atoms with Crippen LogP contribution in [0.2, 0.25) is 0 Å². The SMILES string of the molecule is CC1CCN(C(=O)c2cccc(NC(=O)Cc3ccccc3)c2)CC1. The van der Waals surface area contributed by atoms with E-state index in [4.69, 9.17) is 0 Å².